The number of allylic oxidation sites excluding steroid dienone is 1. The minimum absolute atomic E-state index is 1.25. The van der Waals surface area contributed by atoms with Crippen molar-refractivity contribution >= 4 is 22.6 Å². The Morgan fingerprint density at radius 2 is 2.29 bits per heavy atom. The molecule has 0 aromatic carbocycles. The van der Waals surface area contributed by atoms with E-state index in [9.17, 15) is 0 Å². The van der Waals surface area contributed by atoms with Crippen molar-refractivity contribution in [3.63, 3.8) is 0 Å². The maximum atomic E-state index is 2.25. The molecular weight excluding hydrogens is 199 g/mol. The molecule has 0 spiro atoms. The minimum atomic E-state index is 1.25. The molecule has 0 atom stereocenters. The highest BCUT2D eigenvalue weighted by molar-refractivity contribution is 14.1. The van der Waals surface area contributed by atoms with Crippen molar-refractivity contribution in [2.24, 2.45) is 0 Å². The van der Waals surface area contributed by atoms with Gasteiger partial charge >= 0.3 is 0 Å². The summed E-state index contributed by atoms with van der Waals surface area (Å²) in [5, 5.41) is 0. The van der Waals surface area contributed by atoms with Gasteiger partial charge in [-0.2, -0.15) is 0 Å². The summed E-state index contributed by atoms with van der Waals surface area (Å²) in [5.74, 6) is 0. The molecule has 0 aromatic heterocycles. The molecule has 0 unspecified atom stereocenters. The molecular formula is C6H11I. The van der Waals surface area contributed by atoms with Crippen LogP contribution in [0.2, 0.25) is 0 Å². The van der Waals surface area contributed by atoms with Crippen molar-refractivity contribution in [1.82, 2.24) is 0 Å². The summed E-state index contributed by atoms with van der Waals surface area (Å²) in [4.78, 5) is 0. The van der Waals surface area contributed by atoms with E-state index in [1.54, 1.807) is 0 Å². The van der Waals surface area contributed by atoms with Crippen LogP contribution in [0.5, 0.6) is 0 Å². The van der Waals surface area contributed by atoms with Crippen molar-refractivity contribution in [1.29, 1.82) is 0 Å². The first-order valence-corrected chi connectivity index (χ1v) is 3.91. The summed E-state index contributed by atoms with van der Waals surface area (Å²) < 4.78 is 2.08. The number of unbranched alkanes of at least 4 members (excludes halogenated alkanes) is 2. The maximum absolute atomic E-state index is 2.25. The van der Waals surface area contributed by atoms with E-state index >= 15 is 0 Å². The van der Waals surface area contributed by atoms with E-state index in [-0.39, 0.29) is 0 Å². The zero-order valence-electron chi connectivity index (χ0n) is 4.65. The van der Waals surface area contributed by atoms with Gasteiger partial charge < -0.3 is 0 Å². The van der Waals surface area contributed by atoms with E-state index in [4.69, 9.17) is 0 Å². The summed E-state index contributed by atoms with van der Waals surface area (Å²) in [5.41, 5.74) is 0. The lowest BCUT2D eigenvalue weighted by atomic mass is 10.3. The summed E-state index contributed by atoms with van der Waals surface area (Å²) in [6.45, 7) is 2.21. The molecule has 0 aliphatic heterocycles. The molecule has 0 saturated carbocycles. The molecule has 0 rings (SSSR count). The van der Waals surface area contributed by atoms with E-state index in [0.717, 1.165) is 0 Å². The predicted molar refractivity (Wildman–Crippen MR) is 42.7 cm³/mol. The van der Waals surface area contributed by atoms with Gasteiger partial charge in [-0.1, -0.05) is 48.4 Å². The molecule has 0 aliphatic rings. The molecule has 42 valence electrons. The Balaban J connectivity index is 2.69. The predicted octanol–water partition coefficient (Wildman–Crippen LogP) is 3.13. The van der Waals surface area contributed by atoms with Crippen molar-refractivity contribution in [3.05, 3.63) is 10.2 Å². The van der Waals surface area contributed by atoms with E-state index in [0.29, 0.717) is 0 Å². The second-order valence-electron chi connectivity index (χ2n) is 1.50. The first kappa shape index (κ1) is 7.47. The zero-order valence-corrected chi connectivity index (χ0v) is 6.81. The highest BCUT2D eigenvalue weighted by atomic mass is 127. The lowest BCUT2D eigenvalue weighted by molar-refractivity contribution is 0.816. The summed E-state index contributed by atoms with van der Waals surface area (Å²) in [6.07, 6.45) is 6.09. The van der Waals surface area contributed by atoms with Gasteiger partial charge in [0.05, 0.1) is 0 Å². The molecule has 0 aromatic rings. The number of halogens is 1. The van der Waals surface area contributed by atoms with E-state index in [2.05, 4.69) is 39.7 Å². The molecule has 0 amide bonds. The molecule has 0 radical (unpaired) electrons. The van der Waals surface area contributed by atoms with Crippen LogP contribution >= 0.6 is 22.6 Å². The van der Waals surface area contributed by atoms with Gasteiger partial charge in [0.25, 0.3) is 0 Å². The second kappa shape index (κ2) is 6.47. The molecule has 0 aliphatic carbocycles. The topological polar surface area (TPSA) is 0 Å². The third-order valence-electron chi connectivity index (χ3n) is 0.813. The van der Waals surface area contributed by atoms with Crippen LogP contribution in [-0.4, -0.2) is 0 Å². The first-order chi connectivity index (χ1) is 3.41. The molecule has 0 heterocycles. The summed E-state index contributed by atoms with van der Waals surface area (Å²) in [7, 11) is 0. The molecule has 7 heavy (non-hydrogen) atoms. The monoisotopic (exact) mass is 210 g/mol. The molecule has 0 bridgehead atoms. The Hall–Kier alpha value is 0.470. The van der Waals surface area contributed by atoms with Crippen molar-refractivity contribution in [2.45, 2.75) is 26.2 Å². The van der Waals surface area contributed by atoms with E-state index < -0.39 is 0 Å². The fourth-order valence-corrected chi connectivity index (χ4v) is 0.745. The van der Waals surface area contributed by atoms with E-state index in [1.165, 1.54) is 19.3 Å². The van der Waals surface area contributed by atoms with Gasteiger partial charge in [0, 0.05) is 0 Å². The summed E-state index contributed by atoms with van der Waals surface area (Å²) in [6, 6.07) is 0. The Morgan fingerprint density at radius 1 is 1.57 bits per heavy atom. The third kappa shape index (κ3) is 6.47. The minimum Gasteiger partial charge on any atom is -0.0785 e. The molecule has 0 fully saturated rings. The Bertz CT molecular complexity index is 48.1. The fraction of sp³-hybridized carbons (Fsp3) is 0.667. The standard InChI is InChI=1S/C6H11I/c1-2-3-4-5-6-7/h5-6H,2-4H2,1H3. The van der Waals surface area contributed by atoms with Crippen LogP contribution in [0.1, 0.15) is 26.2 Å². The Morgan fingerprint density at radius 3 is 2.71 bits per heavy atom. The van der Waals surface area contributed by atoms with Crippen LogP contribution in [0.3, 0.4) is 0 Å². The largest absolute Gasteiger partial charge is 0.0785 e. The lowest BCUT2D eigenvalue weighted by Crippen LogP contribution is -1.62. The number of hydrogen-bond acceptors (Lipinski definition) is 0. The van der Waals surface area contributed by atoms with Crippen molar-refractivity contribution < 1.29 is 0 Å². The van der Waals surface area contributed by atoms with E-state index in [1.807, 2.05) is 0 Å². The van der Waals surface area contributed by atoms with Gasteiger partial charge in [-0.05, 0) is 10.5 Å². The van der Waals surface area contributed by atoms with Gasteiger partial charge in [-0.15, -0.1) is 0 Å². The van der Waals surface area contributed by atoms with Crippen LogP contribution in [0.25, 0.3) is 0 Å². The van der Waals surface area contributed by atoms with Gasteiger partial charge in [0.1, 0.15) is 0 Å². The van der Waals surface area contributed by atoms with Crippen LogP contribution < -0.4 is 0 Å². The normalized spacial score (nSPS) is 10.6. The van der Waals surface area contributed by atoms with Crippen LogP contribution in [-0.2, 0) is 0 Å². The highest BCUT2D eigenvalue weighted by Crippen LogP contribution is 1.96. The third-order valence-corrected chi connectivity index (χ3v) is 1.32. The average molecular weight is 210 g/mol. The van der Waals surface area contributed by atoms with Crippen LogP contribution in [0, 0.1) is 0 Å². The van der Waals surface area contributed by atoms with Gasteiger partial charge in [-0.25, -0.2) is 0 Å². The molecule has 0 nitrogen and oxygen atoms in total. The van der Waals surface area contributed by atoms with Gasteiger partial charge in [-0.3, -0.25) is 0 Å². The van der Waals surface area contributed by atoms with Gasteiger partial charge in [0.2, 0.25) is 0 Å². The number of hydrogen-bond donors (Lipinski definition) is 0. The van der Waals surface area contributed by atoms with Crippen molar-refractivity contribution in [2.75, 3.05) is 0 Å². The molecule has 0 saturated heterocycles. The molecule has 1 heteroatoms. The maximum Gasteiger partial charge on any atom is -0.0274 e. The van der Waals surface area contributed by atoms with Gasteiger partial charge in [0.15, 0.2) is 0 Å². The van der Waals surface area contributed by atoms with Crippen LogP contribution in [0.4, 0.5) is 0 Å². The molecule has 0 N–H and O–H groups in total. The zero-order chi connectivity index (χ0) is 5.54. The lowest BCUT2D eigenvalue weighted by Gasteiger charge is -1.83. The highest BCUT2D eigenvalue weighted by Gasteiger charge is 1.73. The number of rotatable bonds is 3. The first-order valence-electron chi connectivity index (χ1n) is 2.67. The Kier molecular flexibility index (Phi) is 6.90. The quantitative estimate of drug-likeness (QED) is 0.495. The second-order valence-corrected chi connectivity index (χ2v) is 2.22. The SMILES string of the molecule is CCCCC=CI. The smallest absolute Gasteiger partial charge is 0.0274 e. The fourth-order valence-electron chi connectivity index (χ4n) is 0.385. The van der Waals surface area contributed by atoms with Crippen molar-refractivity contribution in [3.8, 4) is 0 Å². The summed E-state index contributed by atoms with van der Waals surface area (Å²) >= 11 is 2.25. The average Bonchev–Trinajstić information content (AvgIpc) is 1.69. The van der Waals surface area contributed by atoms with Crippen LogP contribution in [0.15, 0.2) is 10.2 Å². The Labute approximate surface area is 59.1 Å².